The lowest BCUT2D eigenvalue weighted by Gasteiger charge is -2.38. The Balaban J connectivity index is 1.28. The minimum Gasteiger partial charge on any atom is -0.494 e. The number of aryl methyl sites for hydroxylation is 1. The van der Waals surface area contributed by atoms with Gasteiger partial charge in [-0.3, -0.25) is 19.3 Å². The smallest absolute Gasteiger partial charge is 0.414 e. The van der Waals surface area contributed by atoms with Crippen molar-refractivity contribution in [2.75, 3.05) is 62.8 Å². The number of benzene rings is 2. The van der Waals surface area contributed by atoms with E-state index in [2.05, 4.69) is 9.80 Å². The van der Waals surface area contributed by atoms with Crippen molar-refractivity contribution in [3.05, 3.63) is 52.0 Å². The fourth-order valence-electron chi connectivity index (χ4n) is 5.18. The van der Waals surface area contributed by atoms with Crippen LogP contribution in [0.2, 0.25) is 10.0 Å². The molecule has 2 aromatic carbocycles. The fraction of sp³-hybridized carbons (Fsp3) is 0.533. The zero-order valence-electron chi connectivity index (χ0n) is 24.4. The van der Waals surface area contributed by atoms with Crippen LogP contribution < -0.4 is 14.5 Å². The first-order valence-electron chi connectivity index (χ1n) is 14.3. The Morgan fingerprint density at radius 1 is 1.05 bits per heavy atom. The van der Waals surface area contributed by atoms with Crippen molar-refractivity contribution in [2.45, 2.75) is 45.8 Å². The molecule has 2 atom stereocenters. The number of carbonyl (C=O) groups is 2. The molecule has 2 unspecified atom stereocenters. The third kappa shape index (κ3) is 7.98. The highest BCUT2D eigenvalue weighted by Gasteiger charge is 2.35. The Morgan fingerprint density at radius 2 is 1.80 bits per heavy atom. The van der Waals surface area contributed by atoms with Gasteiger partial charge in [0.2, 0.25) is 5.91 Å². The summed E-state index contributed by atoms with van der Waals surface area (Å²) in [6.45, 7) is 11.2. The van der Waals surface area contributed by atoms with Crippen LogP contribution >= 0.6 is 31.9 Å². The van der Waals surface area contributed by atoms with E-state index in [-0.39, 0.29) is 20.6 Å². The molecule has 0 aliphatic carbocycles. The van der Waals surface area contributed by atoms with Crippen LogP contribution in [0.1, 0.15) is 38.7 Å². The summed E-state index contributed by atoms with van der Waals surface area (Å²) < 4.78 is 13.5. The number of unbranched alkanes of at least 4 members (excludes halogenated alkanes) is 1. The summed E-state index contributed by atoms with van der Waals surface area (Å²) in [6, 6.07) is 11.7. The average molecular weight is 624 g/mol. The van der Waals surface area contributed by atoms with Gasteiger partial charge in [0.05, 0.1) is 28.0 Å². The molecule has 0 spiro atoms. The topological polar surface area (TPSA) is 65.6 Å². The Bertz CT molecular complexity index is 1210. The summed E-state index contributed by atoms with van der Waals surface area (Å²) in [5, 5.41) is 1.22. The molecule has 2 heterocycles. The van der Waals surface area contributed by atoms with Crippen molar-refractivity contribution in [2.24, 2.45) is 5.92 Å². The van der Waals surface area contributed by atoms with Crippen molar-refractivity contribution in [1.29, 1.82) is 0 Å². The SMILES string of the molecule is CPN(C)C(=O)OC(C(C)C)N1C(=O)CCc2ccc(OCCCCN3CCN(c4cccc(Cl)c4Cl)CC3)cc21. The molecule has 4 rings (SSSR count). The molecule has 8 nitrogen and oxygen atoms in total. The van der Waals surface area contributed by atoms with Gasteiger partial charge in [0.15, 0.2) is 6.23 Å². The average Bonchev–Trinajstić information content (AvgIpc) is 2.97. The molecule has 224 valence electrons. The molecule has 41 heavy (non-hydrogen) atoms. The molecule has 2 aliphatic rings. The number of ether oxygens (including phenoxy) is 2. The van der Waals surface area contributed by atoms with Gasteiger partial charge in [-0.15, -0.1) is 0 Å². The number of carbonyl (C=O) groups excluding carboxylic acids is 2. The van der Waals surface area contributed by atoms with Crippen LogP contribution in [0.25, 0.3) is 0 Å². The third-order valence-corrected chi connectivity index (χ3v) is 9.29. The third-order valence-electron chi connectivity index (χ3n) is 7.63. The Hall–Kier alpha value is -2.25. The first-order valence-corrected chi connectivity index (χ1v) is 16.5. The molecule has 0 saturated carbocycles. The quantitative estimate of drug-likeness (QED) is 0.210. The first-order chi connectivity index (χ1) is 19.7. The number of piperazine rings is 1. The number of fused-ring (bicyclic) bond motifs is 1. The monoisotopic (exact) mass is 622 g/mol. The summed E-state index contributed by atoms with van der Waals surface area (Å²) >= 11 is 12.6. The number of halogens is 2. The molecular formula is C30H41Cl2N4O4P. The zero-order chi connectivity index (χ0) is 29.5. The van der Waals surface area contributed by atoms with Crippen molar-refractivity contribution in [3.63, 3.8) is 0 Å². The van der Waals surface area contributed by atoms with E-state index in [0.717, 1.165) is 68.3 Å². The van der Waals surface area contributed by atoms with Gasteiger partial charge in [0.1, 0.15) is 5.75 Å². The van der Waals surface area contributed by atoms with E-state index in [1.807, 2.05) is 56.9 Å². The van der Waals surface area contributed by atoms with E-state index >= 15 is 0 Å². The minimum absolute atomic E-state index is 0.0412. The van der Waals surface area contributed by atoms with Crippen molar-refractivity contribution < 1.29 is 19.1 Å². The van der Waals surface area contributed by atoms with Gasteiger partial charge in [0, 0.05) is 51.6 Å². The van der Waals surface area contributed by atoms with Crippen LogP contribution in [0.5, 0.6) is 5.75 Å². The Kier molecular flexibility index (Phi) is 11.4. The number of hydrogen-bond acceptors (Lipinski definition) is 6. The van der Waals surface area contributed by atoms with Crippen LogP contribution in [-0.4, -0.2) is 80.8 Å². The van der Waals surface area contributed by atoms with Crippen LogP contribution in [0.15, 0.2) is 36.4 Å². The summed E-state index contributed by atoms with van der Waals surface area (Å²) in [4.78, 5) is 32.1. The molecule has 2 amide bonds. The number of nitrogens with zero attached hydrogens (tertiary/aromatic N) is 4. The molecule has 1 saturated heterocycles. The Morgan fingerprint density at radius 3 is 2.51 bits per heavy atom. The molecule has 0 aromatic heterocycles. The summed E-state index contributed by atoms with van der Waals surface area (Å²) in [7, 11) is 1.98. The normalized spacial score (nSPS) is 16.8. The second kappa shape index (κ2) is 14.8. The second-order valence-electron chi connectivity index (χ2n) is 10.8. The van der Waals surface area contributed by atoms with Crippen molar-refractivity contribution >= 4 is 55.3 Å². The van der Waals surface area contributed by atoms with Gasteiger partial charge < -0.3 is 14.4 Å². The maximum Gasteiger partial charge on any atom is 0.414 e. The molecule has 2 aromatic rings. The number of amides is 2. The predicted molar refractivity (Wildman–Crippen MR) is 169 cm³/mol. The summed E-state index contributed by atoms with van der Waals surface area (Å²) in [5.74, 6) is 0.605. The zero-order valence-corrected chi connectivity index (χ0v) is 26.9. The molecule has 2 aliphatic heterocycles. The van der Waals surface area contributed by atoms with E-state index in [4.69, 9.17) is 32.7 Å². The number of anilines is 2. The van der Waals surface area contributed by atoms with E-state index in [1.165, 1.54) is 4.67 Å². The molecule has 0 N–H and O–H groups in total. The van der Waals surface area contributed by atoms with E-state index < -0.39 is 12.3 Å². The highest BCUT2D eigenvalue weighted by molar-refractivity contribution is 7.35. The number of hydrogen-bond donors (Lipinski definition) is 0. The summed E-state index contributed by atoms with van der Waals surface area (Å²) in [5.41, 5.74) is 2.83. The van der Waals surface area contributed by atoms with E-state index in [9.17, 15) is 9.59 Å². The molecule has 0 bridgehead atoms. The minimum atomic E-state index is -0.682. The molecule has 0 radical (unpaired) electrons. The van der Waals surface area contributed by atoms with Crippen molar-refractivity contribution in [3.8, 4) is 5.75 Å². The predicted octanol–water partition coefficient (Wildman–Crippen LogP) is 6.53. The lowest BCUT2D eigenvalue weighted by Crippen LogP contribution is -2.49. The molecule has 1 fully saturated rings. The summed E-state index contributed by atoms with van der Waals surface area (Å²) in [6.07, 6.45) is 1.90. The van der Waals surface area contributed by atoms with Crippen LogP contribution in [0.4, 0.5) is 16.2 Å². The van der Waals surface area contributed by atoms with Gasteiger partial charge in [-0.1, -0.05) is 49.2 Å². The molecular weight excluding hydrogens is 582 g/mol. The van der Waals surface area contributed by atoms with Crippen LogP contribution in [0, 0.1) is 5.92 Å². The van der Waals surface area contributed by atoms with Crippen LogP contribution in [-0.2, 0) is 16.0 Å². The van der Waals surface area contributed by atoms with Gasteiger partial charge in [-0.2, -0.15) is 0 Å². The highest BCUT2D eigenvalue weighted by atomic mass is 35.5. The Labute approximate surface area is 255 Å². The first kappa shape index (κ1) is 31.7. The standard InChI is InChI=1S/C30H41Cl2N4O4P/c1-21(2)29(40-30(38)33(3)41-4)36-26-20-23(12-10-22(26)11-13-27(36)37)39-19-6-5-14-34-15-17-35(18-16-34)25-9-7-8-24(31)28(25)32/h7-10,12,20-21,29,41H,5-6,11,13-19H2,1-4H3. The lowest BCUT2D eigenvalue weighted by atomic mass is 9.98. The maximum atomic E-state index is 13.1. The van der Waals surface area contributed by atoms with Crippen molar-refractivity contribution in [1.82, 2.24) is 9.57 Å². The number of rotatable bonds is 11. The van der Waals surface area contributed by atoms with E-state index in [1.54, 1.807) is 11.9 Å². The van der Waals surface area contributed by atoms with Gasteiger partial charge in [-0.05, 0) is 65.0 Å². The molecule has 11 heteroatoms. The highest BCUT2D eigenvalue weighted by Crippen LogP contribution is 2.36. The maximum absolute atomic E-state index is 13.1. The van der Waals surface area contributed by atoms with Crippen LogP contribution in [0.3, 0.4) is 0 Å². The largest absolute Gasteiger partial charge is 0.494 e. The fourth-order valence-corrected chi connectivity index (χ4v) is 5.83. The second-order valence-corrected chi connectivity index (χ2v) is 12.7. The lowest BCUT2D eigenvalue weighted by molar-refractivity contribution is -0.121. The van der Waals surface area contributed by atoms with Gasteiger partial charge in [-0.25, -0.2) is 4.79 Å². The van der Waals surface area contributed by atoms with Gasteiger partial charge in [0.25, 0.3) is 0 Å². The van der Waals surface area contributed by atoms with Gasteiger partial charge >= 0.3 is 6.09 Å². The van der Waals surface area contributed by atoms with E-state index in [0.29, 0.717) is 29.5 Å².